The fraction of sp³-hybridized carbons (Fsp3) is 0.300. The average Bonchev–Trinajstić information content (AvgIpc) is 2.64. The second-order valence-corrected chi connectivity index (χ2v) is 6.11. The van der Waals surface area contributed by atoms with Gasteiger partial charge in [-0.05, 0) is 37.5 Å². The van der Waals surface area contributed by atoms with Crippen LogP contribution in [0.1, 0.15) is 34.8 Å². The zero-order chi connectivity index (χ0) is 19.9. The van der Waals surface area contributed by atoms with Crippen LogP contribution in [-0.2, 0) is 22.1 Å². The minimum Gasteiger partial charge on any atom is -0.452 e. The van der Waals surface area contributed by atoms with E-state index in [1.165, 1.54) is 12.1 Å². The molecule has 1 amide bonds. The van der Waals surface area contributed by atoms with Gasteiger partial charge in [-0.3, -0.25) is 4.79 Å². The summed E-state index contributed by atoms with van der Waals surface area (Å²) in [5.41, 5.74) is -0.574. The summed E-state index contributed by atoms with van der Waals surface area (Å²) in [5.74, 6) is -1.75. The van der Waals surface area contributed by atoms with Gasteiger partial charge in [0.05, 0.1) is 11.1 Å². The molecule has 0 aliphatic carbocycles. The number of carbonyl (C=O) groups is 2. The monoisotopic (exact) mass is 379 g/mol. The summed E-state index contributed by atoms with van der Waals surface area (Å²) < 4.78 is 43.5. The number of hydrogen-bond donors (Lipinski definition) is 1. The summed E-state index contributed by atoms with van der Waals surface area (Å²) in [4.78, 5) is 23.8. The van der Waals surface area contributed by atoms with Gasteiger partial charge in [-0.2, -0.15) is 13.2 Å². The first-order chi connectivity index (χ1) is 12.8. The number of carbonyl (C=O) groups excluding carboxylic acids is 2. The van der Waals surface area contributed by atoms with Crippen LogP contribution in [0, 0.1) is 0 Å². The van der Waals surface area contributed by atoms with Crippen molar-refractivity contribution in [1.29, 1.82) is 0 Å². The third-order valence-corrected chi connectivity index (χ3v) is 3.90. The van der Waals surface area contributed by atoms with E-state index in [0.717, 1.165) is 24.1 Å². The van der Waals surface area contributed by atoms with E-state index < -0.39 is 35.8 Å². The quantitative estimate of drug-likeness (QED) is 0.740. The largest absolute Gasteiger partial charge is 0.452 e. The van der Waals surface area contributed by atoms with Crippen molar-refractivity contribution in [3.05, 3.63) is 71.3 Å². The highest BCUT2D eigenvalue weighted by molar-refractivity contribution is 5.93. The summed E-state index contributed by atoms with van der Waals surface area (Å²) in [5, 5.41) is 2.66. The van der Waals surface area contributed by atoms with Crippen LogP contribution >= 0.6 is 0 Å². The minimum absolute atomic E-state index is 0.168. The molecule has 0 radical (unpaired) electrons. The fourth-order valence-corrected chi connectivity index (χ4v) is 2.53. The van der Waals surface area contributed by atoms with Crippen LogP contribution < -0.4 is 5.32 Å². The maximum absolute atomic E-state index is 12.9. The first-order valence-electron chi connectivity index (χ1n) is 8.44. The molecule has 2 rings (SSSR count). The van der Waals surface area contributed by atoms with E-state index in [4.69, 9.17) is 4.74 Å². The summed E-state index contributed by atoms with van der Waals surface area (Å²) >= 11 is 0. The third-order valence-electron chi connectivity index (χ3n) is 3.90. The lowest BCUT2D eigenvalue weighted by molar-refractivity contribution is -0.138. The van der Waals surface area contributed by atoms with E-state index in [9.17, 15) is 22.8 Å². The van der Waals surface area contributed by atoms with Crippen molar-refractivity contribution in [3.8, 4) is 0 Å². The summed E-state index contributed by atoms with van der Waals surface area (Å²) in [7, 11) is 0. The van der Waals surface area contributed by atoms with Gasteiger partial charge in [-0.1, -0.05) is 42.5 Å². The van der Waals surface area contributed by atoms with Crippen molar-refractivity contribution >= 4 is 11.9 Å². The predicted octanol–water partition coefficient (Wildman–Crippen LogP) is 4.00. The van der Waals surface area contributed by atoms with Crippen LogP contribution in [0.15, 0.2) is 54.6 Å². The van der Waals surface area contributed by atoms with Gasteiger partial charge in [-0.25, -0.2) is 4.79 Å². The van der Waals surface area contributed by atoms with Gasteiger partial charge in [0.25, 0.3) is 5.91 Å². The van der Waals surface area contributed by atoms with Crippen LogP contribution in [0.5, 0.6) is 0 Å². The Morgan fingerprint density at radius 2 is 1.67 bits per heavy atom. The van der Waals surface area contributed by atoms with Gasteiger partial charge in [0, 0.05) is 6.04 Å². The molecule has 0 bridgehead atoms. The number of halogens is 3. The topological polar surface area (TPSA) is 55.4 Å². The molecule has 27 heavy (non-hydrogen) atoms. The molecule has 1 N–H and O–H groups in total. The Bertz CT molecular complexity index is 776. The molecule has 0 saturated carbocycles. The molecule has 7 heteroatoms. The number of alkyl halides is 3. The SMILES string of the molecule is C[C@@H](CCc1ccccc1)NC(=O)COC(=O)c1ccccc1C(F)(F)F. The number of hydrogen-bond acceptors (Lipinski definition) is 3. The van der Waals surface area contributed by atoms with E-state index in [-0.39, 0.29) is 6.04 Å². The summed E-state index contributed by atoms with van der Waals surface area (Å²) in [6.07, 6.45) is -3.23. The van der Waals surface area contributed by atoms with Crippen molar-refractivity contribution in [3.63, 3.8) is 0 Å². The van der Waals surface area contributed by atoms with Crippen LogP contribution in [0.2, 0.25) is 0 Å². The second-order valence-electron chi connectivity index (χ2n) is 6.11. The smallest absolute Gasteiger partial charge is 0.417 e. The summed E-state index contributed by atoms with van der Waals surface area (Å²) in [6, 6.07) is 13.9. The Balaban J connectivity index is 1.82. The van der Waals surface area contributed by atoms with Crippen molar-refractivity contribution in [2.24, 2.45) is 0 Å². The lowest BCUT2D eigenvalue weighted by Gasteiger charge is -2.15. The van der Waals surface area contributed by atoms with E-state index in [2.05, 4.69) is 5.32 Å². The molecular weight excluding hydrogens is 359 g/mol. The van der Waals surface area contributed by atoms with Crippen LogP contribution in [-0.4, -0.2) is 24.5 Å². The lowest BCUT2D eigenvalue weighted by Crippen LogP contribution is -2.36. The maximum atomic E-state index is 12.9. The van der Waals surface area contributed by atoms with Gasteiger partial charge in [0.2, 0.25) is 0 Å². The number of esters is 1. The zero-order valence-electron chi connectivity index (χ0n) is 14.8. The third kappa shape index (κ3) is 6.44. The highest BCUT2D eigenvalue weighted by atomic mass is 19.4. The zero-order valence-corrected chi connectivity index (χ0v) is 14.8. The molecule has 0 aliphatic rings. The van der Waals surface area contributed by atoms with Gasteiger partial charge in [0.1, 0.15) is 0 Å². The first-order valence-corrected chi connectivity index (χ1v) is 8.44. The van der Waals surface area contributed by atoms with Gasteiger partial charge >= 0.3 is 12.1 Å². The molecule has 2 aromatic carbocycles. The number of amides is 1. The van der Waals surface area contributed by atoms with Gasteiger partial charge in [0.15, 0.2) is 6.61 Å². The highest BCUT2D eigenvalue weighted by Crippen LogP contribution is 2.32. The lowest BCUT2D eigenvalue weighted by atomic mass is 10.1. The molecule has 0 saturated heterocycles. The van der Waals surface area contributed by atoms with Crippen molar-refractivity contribution in [2.75, 3.05) is 6.61 Å². The van der Waals surface area contributed by atoms with Gasteiger partial charge < -0.3 is 10.1 Å². The maximum Gasteiger partial charge on any atom is 0.417 e. The number of rotatable bonds is 7. The Labute approximate surface area is 155 Å². The Kier molecular flexibility index (Phi) is 6.98. The van der Waals surface area contributed by atoms with Crippen molar-refractivity contribution in [1.82, 2.24) is 5.32 Å². The molecule has 0 spiro atoms. The Morgan fingerprint density at radius 3 is 2.33 bits per heavy atom. The molecule has 144 valence electrons. The second kappa shape index (κ2) is 9.21. The predicted molar refractivity (Wildman–Crippen MR) is 94.1 cm³/mol. The highest BCUT2D eigenvalue weighted by Gasteiger charge is 2.35. The molecule has 0 unspecified atom stereocenters. The van der Waals surface area contributed by atoms with Crippen LogP contribution in [0.3, 0.4) is 0 Å². The van der Waals surface area contributed by atoms with Crippen molar-refractivity contribution in [2.45, 2.75) is 32.0 Å². The molecule has 0 aromatic heterocycles. The molecule has 4 nitrogen and oxygen atoms in total. The van der Waals surface area contributed by atoms with Gasteiger partial charge in [-0.15, -0.1) is 0 Å². The Hall–Kier alpha value is -2.83. The molecule has 0 aliphatic heterocycles. The van der Waals surface area contributed by atoms with E-state index in [1.807, 2.05) is 37.3 Å². The number of aryl methyl sites for hydroxylation is 1. The summed E-state index contributed by atoms with van der Waals surface area (Å²) in [6.45, 7) is 1.17. The Morgan fingerprint density at radius 1 is 1.04 bits per heavy atom. The molecule has 1 atom stereocenters. The van der Waals surface area contributed by atoms with E-state index >= 15 is 0 Å². The van der Waals surface area contributed by atoms with Crippen LogP contribution in [0.25, 0.3) is 0 Å². The molecular formula is C20H20F3NO3. The fourth-order valence-electron chi connectivity index (χ4n) is 2.53. The van der Waals surface area contributed by atoms with E-state index in [0.29, 0.717) is 6.42 Å². The van der Waals surface area contributed by atoms with E-state index in [1.54, 1.807) is 0 Å². The molecule has 0 fully saturated rings. The molecule has 0 heterocycles. The standard InChI is InChI=1S/C20H20F3NO3/c1-14(11-12-15-7-3-2-4-8-15)24-18(25)13-27-19(26)16-9-5-6-10-17(16)20(21,22)23/h2-10,14H,11-13H2,1H3,(H,24,25)/t14-/m0/s1. The molecule has 2 aromatic rings. The first kappa shape index (κ1) is 20.5. The van der Waals surface area contributed by atoms with Crippen molar-refractivity contribution < 1.29 is 27.5 Å². The minimum atomic E-state index is -4.68. The number of nitrogens with one attached hydrogen (secondary N) is 1. The number of ether oxygens (including phenoxy) is 1. The van der Waals surface area contributed by atoms with Crippen LogP contribution in [0.4, 0.5) is 13.2 Å². The number of benzene rings is 2. The average molecular weight is 379 g/mol. The normalized spacial score (nSPS) is 12.3.